The molecule has 0 aliphatic carbocycles. The van der Waals surface area contributed by atoms with Gasteiger partial charge in [0.05, 0.1) is 17.0 Å². The van der Waals surface area contributed by atoms with E-state index in [-0.39, 0.29) is 12.5 Å². The van der Waals surface area contributed by atoms with Gasteiger partial charge in [-0.25, -0.2) is 0 Å². The Morgan fingerprint density at radius 3 is 2.67 bits per heavy atom. The van der Waals surface area contributed by atoms with Crippen molar-refractivity contribution in [3.63, 3.8) is 0 Å². The van der Waals surface area contributed by atoms with Crippen molar-refractivity contribution in [2.24, 2.45) is 0 Å². The first kappa shape index (κ1) is 14.3. The maximum atomic E-state index is 10.6. The zero-order chi connectivity index (χ0) is 13.7. The molecule has 0 aliphatic heterocycles. The third-order valence-corrected chi connectivity index (χ3v) is 2.91. The summed E-state index contributed by atoms with van der Waals surface area (Å²) in [6.45, 7) is 4.37. The number of benzene rings is 1. The first-order valence-corrected chi connectivity index (χ1v) is 6.01. The summed E-state index contributed by atoms with van der Waals surface area (Å²) in [5.41, 5.74) is 1.25. The van der Waals surface area contributed by atoms with Gasteiger partial charge in [-0.3, -0.25) is 4.79 Å². The molecule has 0 radical (unpaired) electrons. The van der Waals surface area contributed by atoms with Crippen molar-refractivity contribution >= 4 is 23.3 Å². The first-order valence-electron chi connectivity index (χ1n) is 5.63. The van der Waals surface area contributed by atoms with Gasteiger partial charge in [-0.2, -0.15) is 5.26 Å². The minimum atomic E-state index is -0.833. The van der Waals surface area contributed by atoms with Crippen LogP contribution < -0.4 is 4.90 Å². The number of halogens is 1. The standard InChI is InChI=1S/C13H15ClN2O2/c1-9(2)16(6-5-13(17)18)11-4-3-10(8-15)12(14)7-11/h3-4,7,9H,5-6H2,1-2H3,(H,17,18). The van der Waals surface area contributed by atoms with Crippen LogP contribution in [-0.2, 0) is 4.79 Å². The van der Waals surface area contributed by atoms with Gasteiger partial charge >= 0.3 is 5.97 Å². The van der Waals surface area contributed by atoms with Gasteiger partial charge in [-0.15, -0.1) is 0 Å². The van der Waals surface area contributed by atoms with Crippen molar-refractivity contribution in [1.29, 1.82) is 5.26 Å². The number of carboxylic acid groups (broad SMARTS) is 1. The zero-order valence-corrected chi connectivity index (χ0v) is 11.1. The maximum absolute atomic E-state index is 10.6. The number of hydrogen-bond donors (Lipinski definition) is 1. The van der Waals surface area contributed by atoms with Crippen LogP contribution in [0.5, 0.6) is 0 Å². The predicted molar refractivity (Wildman–Crippen MR) is 70.9 cm³/mol. The second-order valence-electron chi connectivity index (χ2n) is 4.21. The van der Waals surface area contributed by atoms with E-state index >= 15 is 0 Å². The molecule has 0 saturated carbocycles. The molecule has 0 bridgehead atoms. The summed E-state index contributed by atoms with van der Waals surface area (Å²) in [7, 11) is 0. The highest BCUT2D eigenvalue weighted by Gasteiger charge is 2.13. The summed E-state index contributed by atoms with van der Waals surface area (Å²) in [4.78, 5) is 12.6. The Labute approximate surface area is 111 Å². The first-order chi connectivity index (χ1) is 8.45. The van der Waals surface area contributed by atoms with E-state index in [1.165, 1.54) is 0 Å². The quantitative estimate of drug-likeness (QED) is 0.890. The third-order valence-electron chi connectivity index (χ3n) is 2.59. The molecule has 0 aromatic heterocycles. The van der Waals surface area contributed by atoms with E-state index < -0.39 is 5.97 Å². The number of nitrogens with zero attached hydrogens (tertiary/aromatic N) is 2. The summed E-state index contributed by atoms with van der Waals surface area (Å²) in [6.07, 6.45) is 0.0653. The van der Waals surface area contributed by atoms with Crippen molar-refractivity contribution in [3.05, 3.63) is 28.8 Å². The Balaban J connectivity index is 2.96. The van der Waals surface area contributed by atoms with Crippen molar-refractivity contribution < 1.29 is 9.90 Å². The molecule has 0 heterocycles. The smallest absolute Gasteiger partial charge is 0.305 e. The molecule has 0 unspecified atom stereocenters. The normalized spacial score (nSPS) is 10.2. The Morgan fingerprint density at radius 1 is 1.56 bits per heavy atom. The molecule has 4 nitrogen and oxygen atoms in total. The third kappa shape index (κ3) is 3.64. The van der Waals surface area contributed by atoms with E-state index in [4.69, 9.17) is 22.0 Å². The molecule has 0 fully saturated rings. The van der Waals surface area contributed by atoms with Gasteiger partial charge in [-0.1, -0.05) is 11.6 Å². The molecule has 96 valence electrons. The highest BCUT2D eigenvalue weighted by molar-refractivity contribution is 6.32. The minimum Gasteiger partial charge on any atom is -0.481 e. The fraction of sp³-hybridized carbons (Fsp3) is 0.385. The molecule has 0 atom stereocenters. The Morgan fingerprint density at radius 2 is 2.22 bits per heavy atom. The van der Waals surface area contributed by atoms with Crippen molar-refractivity contribution in [2.75, 3.05) is 11.4 Å². The number of hydrogen-bond acceptors (Lipinski definition) is 3. The summed E-state index contributed by atoms with van der Waals surface area (Å²) >= 11 is 5.98. The Hall–Kier alpha value is -1.73. The van der Waals surface area contributed by atoms with Gasteiger partial charge in [0.2, 0.25) is 0 Å². The van der Waals surface area contributed by atoms with Crippen LogP contribution in [0.4, 0.5) is 5.69 Å². The number of rotatable bonds is 5. The van der Waals surface area contributed by atoms with Crippen LogP contribution in [-0.4, -0.2) is 23.7 Å². The summed E-state index contributed by atoms with van der Waals surface area (Å²) < 4.78 is 0. The van der Waals surface area contributed by atoms with E-state index in [9.17, 15) is 4.79 Å². The van der Waals surface area contributed by atoms with E-state index in [1.54, 1.807) is 18.2 Å². The lowest BCUT2D eigenvalue weighted by Crippen LogP contribution is -2.32. The average molecular weight is 267 g/mol. The summed E-state index contributed by atoms with van der Waals surface area (Å²) in [5, 5.41) is 17.9. The lowest BCUT2D eigenvalue weighted by Gasteiger charge is -2.28. The molecule has 1 aromatic carbocycles. The minimum absolute atomic E-state index is 0.0653. The molecular weight excluding hydrogens is 252 g/mol. The Kier molecular flexibility index (Phi) is 4.99. The van der Waals surface area contributed by atoms with Crippen LogP contribution in [0.3, 0.4) is 0 Å². The number of anilines is 1. The van der Waals surface area contributed by atoms with Crippen LogP contribution in [0.25, 0.3) is 0 Å². The van der Waals surface area contributed by atoms with Gasteiger partial charge in [-0.05, 0) is 32.0 Å². The van der Waals surface area contributed by atoms with E-state index in [0.717, 1.165) is 5.69 Å². The number of aliphatic carboxylic acids is 1. The second kappa shape index (κ2) is 6.27. The fourth-order valence-electron chi connectivity index (χ4n) is 1.67. The van der Waals surface area contributed by atoms with Crippen molar-refractivity contribution in [3.8, 4) is 6.07 Å². The number of carbonyl (C=O) groups is 1. The van der Waals surface area contributed by atoms with E-state index in [0.29, 0.717) is 17.1 Å². The lowest BCUT2D eigenvalue weighted by atomic mass is 10.1. The lowest BCUT2D eigenvalue weighted by molar-refractivity contribution is -0.136. The SMILES string of the molecule is CC(C)N(CCC(=O)O)c1ccc(C#N)c(Cl)c1. The van der Waals surface area contributed by atoms with Gasteiger partial charge in [0, 0.05) is 18.3 Å². The monoisotopic (exact) mass is 266 g/mol. The molecule has 0 amide bonds. The van der Waals surface area contributed by atoms with Crippen molar-refractivity contribution in [2.45, 2.75) is 26.3 Å². The van der Waals surface area contributed by atoms with Crippen LogP contribution in [0.1, 0.15) is 25.8 Å². The molecule has 1 rings (SSSR count). The summed E-state index contributed by atoms with van der Waals surface area (Å²) in [6, 6.07) is 7.28. The van der Waals surface area contributed by atoms with Gasteiger partial charge in [0.25, 0.3) is 0 Å². The molecule has 5 heteroatoms. The van der Waals surface area contributed by atoms with Crippen LogP contribution in [0.2, 0.25) is 5.02 Å². The highest BCUT2D eigenvalue weighted by Crippen LogP contribution is 2.24. The van der Waals surface area contributed by atoms with E-state index in [1.807, 2.05) is 24.8 Å². The van der Waals surface area contributed by atoms with Crippen molar-refractivity contribution in [1.82, 2.24) is 0 Å². The van der Waals surface area contributed by atoms with Crippen LogP contribution >= 0.6 is 11.6 Å². The summed E-state index contributed by atoms with van der Waals surface area (Å²) in [5.74, 6) is -0.833. The Bertz CT molecular complexity index is 480. The van der Waals surface area contributed by atoms with Gasteiger partial charge in [0.1, 0.15) is 6.07 Å². The molecule has 0 saturated heterocycles. The second-order valence-corrected chi connectivity index (χ2v) is 4.61. The number of carboxylic acids is 1. The van der Waals surface area contributed by atoms with Crippen LogP contribution in [0.15, 0.2) is 18.2 Å². The van der Waals surface area contributed by atoms with Crippen LogP contribution in [0, 0.1) is 11.3 Å². The zero-order valence-electron chi connectivity index (χ0n) is 10.4. The molecule has 0 aliphatic rings. The highest BCUT2D eigenvalue weighted by atomic mass is 35.5. The van der Waals surface area contributed by atoms with E-state index in [2.05, 4.69) is 0 Å². The molecular formula is C13H15ClN2O2. The van der Waals surface area contributed by atoms with Gasteiger partial charge < -0.3 is 10.0 Å². The molecule has 18 heavy (non-hydrogen) atoms. The molecule has 1 N–H and O–H groups in total. The average Bonchev–Trinajstić information content (AvgIpc) is 2.28. The molecule has 1 aromatic rings. The predicted octanol–water partition coefficient (Wildman–Crippen LogP) is 2.90. The maximum Gasteiger partial charge on any atom is 0.305 e. The fourth-order valence-corrected chi connectivity index (χ4v) is 1.89. The molecule has 0 spiro atoms. The largest absolute Gasteiger partial charge is 0.481 e. The number of nitriles is 1. The topological polar surface area (TPSA) is 64.3 Å². The van der Waals surface area contributed by atoms with Gasteiger partial charge in [0.15, 0.2) is 0 Å².